The van der Waals surface area contributed by atoms with E-state index in [9.17, 15) is 14.7 Å². The van der Waals surface area contributed by atoms with Crippen LogP contribution in [0.4, 0.5) is 4.79 Å². The number of likely N-dealkylation sites (tertiary alicyclic amines) is 1. The number of fused-ring (bicyclic) bond motifs is 1. The van der Waals surface area contributed by atoms with Crippen LogP contribution in [-0.2, 0) is 16.0 Å². The van der Waals surface area contributed by atoms with Crippen LogP contribution in [0, 0.1) is 11.8 Å². The lowest BCUT2D eigenvalue weighted by Gasteiger charge is -2.44. The smallest absolute Gasteiger partial charge is 0.410 e. The van der Waals surface area contributed by atoms with Crippen molar-refractivity contribution in [1.29, 1.82) is 0 Å². The van der Waals surface area contributed by atoms with E-state index < -0.39 is 17.8 Å². The van der Waals surface area contributed by atoms with Gasteiger partial charge in [-0.05, 0) is 65.0 Å². The first-order valence-electron chi connectivity index (χ1n) is 13.8. The molecule has 0 spiro atoms. The Labute approximate surface area is 227 Å². The van der Waals surface area contributed by atoms with E-state index in [2.05, 4.69) is 13.8 Å². The number of rotatable bonds is 10. The second-order valence-electron chi connectivity index (χ2n) is 11.9. The summed E-state index contributed by atoms with van der Waals surface area (Å²) in [6.07, 6.45) is 1.30. The molecule has 9 heteroatoms. The van der Waals surface area contributed by atoms with E-state index in [0.717, 1.165) is 23.9 Å². The number of aryl methyl sites for hydroxylation is 1. The van der Waals surface area contributed by atoms with Gasteiger partial charge in [-0.2, -0.15) is 0 Å². The molecule has 1 aliphatic heterocycles. The van der Waals surface area contributed by atoms with Crippen LogP contribution < -0.4 is 0 Å². The molecule has 2 aromatic rings. The van der Waals surface area contributed by atoms with Gasteiger partial charge in [-0.25, -0.2) is 9.78 Å². The lowest BCUT2D eigenvalue weighted by atomic mass is 9.89. The van der Waals surface area contributed by atoms with E-state index in [-0.39, 0.29) is 23.8 Å². The van der Waals surface area contributed by atoms with Crippen molar-refractivity contribution >= 4 is 23.0 Å². The molecule has 1 saturated heterocycles. The molecule has 1 aliphatic rings. The minimum atomic E-state index is -0.633. The van der Waals surface area contributed by atoms with E-state index in [1.165, 1.54) is 0 Å². The molecule has 3 rings (SSSR count). The standard InChI is InChI=1S/C29H46N4O5/c1-20(2)17-33(23-16-22(21(3)34)18-31(19-23)28(36)38-29(4,5)6)27(35)26-30-24-12-8-9-13-25(24)32(26)14-10-11-15-37-7/h8-9,12-13,20-23,34H,10-11,14-19H2,1-7H3/t21-,22?,23-/m0/s1. The van der Waals surface area contributed by atoms with E-state index in [1.54, 1.807) is 18.9 Å². The van der Waals surface area contributed by atoms with Gasteiger partial charge in [0.05, 0.1) is 23.2 Å². The van der Waals surface area contributed by atoms with Crippen molar-refractivity contribution < 1.29 is 24.2 Å². The highest BCUT2D eigenvalue weighted by molar-refractivity contribution is 5.95. The molecule has 9 nitrogen and oxygen atoms in total. The number of piperidine rings is 1. The summed E-state index contributed by atoms with van der Waals surface area (Å²) in [5.41, 5.74) is 1.08. The Bertz CT molecular complexity index is 1070. The zero-order valence-corrected chi connectivity index (χ0v) is 24.1. The number of carbonyl (C=O) groups excluding carboxylic acids is 2. The third kappa shape index (κ3) is 7.69. The number of para-hydroxylation sites is 2. The summed E-state index contributed by atoms with van der Waals surface area (Å²) < 4.78 is 12.9. The normalized spacial score (nSPS) is 19.1. The molecule has 0 aliphatic carbocycles. The summed E-state index contributed by atoms with van der Waals surface area (Å²) in [5, 5.41) is 10.5. The molecular formula is C29H46N4O5. The molecule has 0 saturated carbocycles. The van der Waals surface area contributed by atoms with E-state index in [4.69, 9.17) is 14.5 Å². The Morgan fingerprint density at radius 1 is 1.16 bits per heavy atom. The number of aliphatic hydroxyl groups is 1. The van der Waals surface area contributed by atoms with Gasteiger partial charge in [0.25, 0.3) is 5.91 Å². The lowest BCUT2D eigenvalue weighted by Crippen LogP contribution is -2.57. The summed E-state index contributed by atoms with van der Waals surface area (Å²) >= 11 is 0. The van der Waals surface area contributed by atoms with Gasteiger partial charge >= 0.3 is 6.09 Å². The first-order valence-corrected chi connectivity index (χ1v) is 13.8. The van der Waals surface area contributed by atoms with Crippen LogP contribution in [0.3, 0.4) is 0 Å². The van der Waals surface area contributed by atoms with Gasteiger partial charge in [0.2, 0.25) is 0 Å². The molecule has 212 valence electrons. The Balaban J connectivity index is 1.96. The molecule has 2 heterocycles. The monoisotopic (exact) mass is 530 g/mol. The van der Waals surface area contributed by atoms with Gasteiger partial charge < -0.3 is 28.9 Å². The maximum Gasteiger partial charge on any atom is 0.410 e. The van der Waals surface area contributed by atoms with Crippen LogP contribution in [0.1, 0.15) is 71.4 Å². The molecule has 0 bridgehead atoms. The number of carbonyl (C=O) groups is 2. The third-order valence-corrected chi connectivity index (χ3v) is 6.88. The number of ether oxygens (including phenoxy) is 2. The summed E-state index contributed by atoms with van der Waals surface area (Å²) in [6, 6.07) is 7.54. The van der Waals surface area contributed by atoms with Gasteiger partial charge in [-0.1, -0.05) is 26.0 Å². The summed E-state index contributed by atoms with van der Waals surface area (Å²) in [5.74, 6) is 0.297. The zero-order chi connectivity index (χ0) is 28.0. The number of unbranched alkanes of at least 4 members (excludes halogenated alkanes) is 1. The number of hydrogen-bond donors (Lipinski definition) is 1. The predicted molar refractivity (Wildman–Crippen MR) is 148 cm³/mol. The number of aromatic nitrogens is 2. The Hall–Kier alpha value is -2.65. The number of amides is 2. The Morgan fingerprint density at radius 2 is 1.87 bits per heavy atom. The van der Waals surface area contributed by atoms with Crippen LogP contribution in [-0.4, -0.2) is 87.6 Å². The topological polar surface area (TPSA) is 97.1 Å². The summed E-state index contributed by atoms with van der Waals surface area (Å²) in [6.45, 7) is 14.0. The van der Waals surface area contributed by atoms with Crippen molar-refractivity contribution in [2.45, 2.75) is 85.1 Å². The van der Waals surface area contributed by atoms with Gasteiger partial charge in [0, 0.05) is 45.8 Å². The van der Waals surface area contributed by atoms with E-state index >= 15 is 0 Å². The predicted octanol–water partition coefficient (Wildman–Crippen LogP) is 4.57. The van der Waals surface area contributed by atoms with Crippen LogP contribution in [0.5, 0.6) is 0 Å². The van der Waals surface area contributed by atoms with Crippen LogP contribution in [0.15, 0.2) is 24.3 Å². The van der Waals surface area contributed by atoms with Gasteiger partial charge in [0.15, 0.2) is 5.82 Å². The molecule has 0 radical (unpaired) electrons. The molecule has 1 N–H and O–H groups in total. The molecule has 1 aromatic carbocycles. The summed E-state index contributed by atoms with van der Waals surface area (Å²) in [7, 11) is 1.69. The Kier molecular flexibility index (Phi) is 10.2. The zero-order valence-electron chi connectivity index (χ0n) is 24.1. The molecule has 1 unspecified atom stereocenters. The maximum atomic E-state index is 14.3. The fourth-order valence-electron chi connectivity index (χ4n) is 5.06. The lowest BCUT2D eigenvalue weighted by molar-refractivity contribution is -0.0151. The van der Waals surface area contributed by atoms with Crippen molar-refractivity contribution in [3.8, 4) is 0 Å². The maximum absolute atomic E-state index is 14.3. The molecular weight excluding hydrogens is 484 g/mol. The quantitative estimate of drug-likeness (QED) is 0.452. The van der Waals surface area contributed by atoms with Gasteiger partial charge in [-0.15, -0.1) is 0 Å². The molecule has 1 fully saturated rings. The fourth-order valence-corrected chi connectivity index (χ4v) is 5.06. The second kappa shape index (κ2) is 12.9. The van der Waals surface area contributed by atoms with Crippen LogP contribution in [0.25, 0.3) is 11.0 Å². The van der Waals surface area contributed by atoms with E-state index in [1.807, 2.05) is 54.5 Å². The number of methoxy groups -OCH3 is 1. The fraction of sp³-hybridized carbons (Fsp3) is 0.690. The van der Waals surface area contributed by atoms with Crippen molar-refractivity contribution in [1.82, 2.24) is 19.4 Å². The first kappa shape index (κ1) is 29.9. The van der Waals surface area contributed by atoms with Crippen molar-refractivity contribution in [3.05, 3.63) is 30.1 Å². The minimum absolute atomic E-state index is 0.151. The molecule has 1 aromatic heterocycles. The largest absolute Gasteiger partial charge is 0.444 e. The van der Waals surface area contributed by atoms with Crippen LogP contribution in [0.2, 0.25) is 0 Å². The van der Waals surface area contributed by atoms with Crippen LogP contribution >= 0.6 is 0 Å². The Morgan fingerprint density at radius 3 is 2.50 bits per heavy atom. The molecule has 2 amide bonds. The second-order valence-corrected chi connectivity index (χ2v) is 11.9. The minimum Gasteiger partial charge on any atom is -0.444 e. The number of aliphatic hydroxyl groups excluding tert-OH is 1. The highest BCUT2D eigenvalue weighted by Gasteiger charge is 2.39. The highest BCUT2D eigenvalue weighted by Crippen LogP contribution is 2.28. The molecule has 38 heavy (non-hydrogen) atoms. The average molecular weight is 531 g/mol. The summed E-state index contributed by atoms with van der Waals surface area (Å²) in [4.78, 5) is 35.6. The van der Waals surface area contributed by atoms with E-state index in [0.29, 0.717) is 45.0 Å². The first-order chi connectivity index (χ1) is 17.9. The third-order valence-electron chi connectivity index (χ3n) is 6.88. The van der Waals surface area contributed by atoms with Crippen molar-refractivity contribution in [2.24, 2.45) is 11.8 Å². The molecule has 3 atom stereocenters. The van der Waals surface area contributed by atoms with Crippen molar-refractivity contribution in [2.75, 3.05) is 33.4 Å². The number of imidazole rings is 1. The number of hydrogen-bond acceptors (Lipinski definition) is 6. The van der Waals surface area contributed by atoms with Crippen molar-refractivity contribution in [3.63, 3.8) is 0 Å². The number of nitrogens with zero attached hydrogens (tertiary/aromatic N) is 4. The van der Waals surface area contributed by atoms with Gasteiger partial charge in [-0.3, -0.25) is 4.79 Å². The SMILES string of the molecule is COCCCCn1c(C(=O)N(CC(C)C)[C@H]2CC([C@H](C)O)CN(C(=O)OC(C)(C)C)C2)nc2ccccc21. The van der Waals surface area contributed by atoms with Gasteiger partial charge in [0.1, 0.15) is 5.60 Å². The highest BCUT2D eigenvalue weighted by atomic mass is 16.6. The number of benzene rings is 1. The average Bonchev–Trinajstić information content (AvgIpc) is 3.22.